The van der Waals surface area contributed by atoms with Crippen molar-refractivity contribution in [1.29, 1.82) is 0 Å². The average molecular weight is 557 g/mol. The molecule has 0 saturated heterocycles. The summed E-state index contributed by atoms with van der Waals surface area (Å²) in [5.74, 6) is 0. The fraction of sp³-hybridized carbons (Fsp3) is 0.324. The number of aryl methyl sites for hydroxylation is 1. The first-order valence-corrected chi connectivity index (χ1v) is 15.3. The van der Waals surface area contributed by atoms with Gasteiger partial charge < -0.3 is 9.45 Å². The number of anilines is 1. The molecule has 0 N–H and O–H groups in total. The van der Waals surface area contributed by atoms with Gasteiger partial charge in [0, 0.05) is 41.1 Å². The molecule has 0 spiro atoms. The van der Waals surface area contributed by atoms with Gasteiger partial charge in [-0.3, -0.25) is 0 Å². The van der Waals surface area contributed by atoms with E-state index in [-0.39, 0.29) is 15.7 Å². The number of rotatable bonds is 5. The normalized spacial score (nSPS) is 18.1. The summed E-state index contributed by atoms with van der Waals surface area (Å²) in [5.41, 5.74) is 9.21. The summed E-state index contributed by atoms with van der Waals surface area (Å²) in [5, 5.41) is 0. The van der Waals surface area contributed by atoms with E-state index in [4.69, 9.17) is 0 Å². The zero-order valence-electron chi connectivity index (χ0n) is 24.6. The topological polar surface area (TPSA) is 63.5 Å². The molecule has 6 heteroatoms. The maximum Gasteiger partial charge on any atom is 0.209 e. The Labute approximate surface area is 239 Å². The van der Waals surface area contributed by atoms with Crippen LogP contribution in [-0.4, -0.2) is 36.3 Å². The third-order valence-corrected chi connectivity index (χ3v) is 8.90. The molecular formula is C34H40N2O3S. The molecule has 0 aromatic heterocycles. The van der Waals surface area contributed by atoms with Gasteiger partial charge in [-0.25, -0.2) is 8.42 Å². The number of fused-ring (bicyclic) bond motifs is 2. The van der Waals surface area contributed by atoms with E-state index in [1.165, 1.54) is 46.0 Å². The second kappa shape index (κ2) is 11.2. The van der Waals surface area contributed by atoms with Crippen LogP contribution >= 0.6 is 0 Å². The van der Waals surface area contributed by atoms with Crippen molar-refractivity contribution in [3.8, 4) is 0 Å². The minimum absolute atomic E-state index is 0.0141. The zero-order chi connectivity index (χ0) is 29.3. The maximum atomic E-state index is 10.4. The zero-order valence-corrected chi connectivity index (χ0v) is 25.4. The molecule has 2 aliphatic heterocycles. The third kappa shape index (κ3) is 5.43. The van der Waals surface area contributed by atoms with Crippen LogP contribution in [0.5, 0.6) is 0 Å². The highest BCUT2D eigenvalue weighted by atomic mass is 32.2. The van der Waals surface area contributed by atoms with E-state index >= 15 is 0 Å². The Morgan fingerprint density at radius 2 is 1.45 bits per heavy atom. The van der Waals surface area contributed by atoms with E-state index in [0.29, 0.717) is 0 Å². The molecule has 40 heavy (non-hydrogen) atoms. The monoisotopic (exact) mass is 556 g/mol. The van der Waals surface area contributed by atoms with Crippen LogP contribution in [0.1, 0.15) is 58.2 Å². The van der Waals surface area contributed by atoms with Gasteiger partial charge in [0.25, 0.3) is 0 Å². The van der Waals surface area contributed by atoms with Crippen LogP contribution in [0, 0.1) is 6.92 Å². The molecule has 3 aromatic carbocycles. The molecule has 5 rings (SSSR count). The van der Waals surface area contributed by atoms with E-state index in [2.05, 4.69) is 118 Å². The van der Waals surface area contributed by atoms with Crippen molar-refractivity contribution in [2.24, 2.45) is 0 Å². The Balaban J connectivity index is 0.000000283. The number of hydrogen-bond acceptors (Lipinski definition) is 4. The van der Waals surface area contributed by atoms with E-state index in [0.717, 1.165) is 18.7 Å². The van der Waals surface area contributed by atoms with Gasteiger partial charge in [0.2, 0.25) is 5.69 Å². The van der Waals surface area contributed by atoms with Crippen molar-refractivity contribution < 1.29 is 17.5 Å². The Bertz CT molecular complexity index is 1590. The van der Waals surface area contributed by atoms with Crippen molar-refractivity contribution in [1.82, 2.24) is 0 Å². The molecule has 0 unspecified atom stereocenters. The quantitative estimate of drug-likeness (QED) is 0.245. The summed E-state index contributed by atoms with van der Waals surface area (Å²) < 4.78 is 33.6. The van der Waals surface area contributed by atoms with Crippen LogP contribution in [0.15, 0.2) is 102 Å². The van der Waals surface area contributed by atoms with E-state index < -0.39 is 10.1 Å². The molecule has 210 valence electrons. The van der Waals surface area contributed by atoms with Crippen LogP contribution in [0.2, 0.25) is 0 Å². The molecule has 0 bridgehead atoms. The van der Waals surface area contributed by atoms with Gasteiger partial charge in [-0.2, -0.15) is 4.58 Å². The van der Waals surface area contributed by atoms with Gasteiger partial charge >= 0.3 is 0 Å². The standard InChI is InChI=1S/C27H33N2.C7H8O3S/c1-7-28-22-16-11-9-14-20(22)26(3,4)24(28)18-13-19-25-27(5,6)21-15-10-12-17-23(21)29(25)8-2;1-6-2-4-7(5-3-6)11(8,9)10/h9-19H,7-8H2,1-6H3;2-5H,1H3,(H,8,9,10)/q+1;/p-1. The summed E-state index contributed by atoms with van der Waals surface area (Å²) >= 11 is 0. The van der Waals surface area contributed by atoms with Gasteiger partial charge in [-0.15, -0.1) is 0 Å². The molecule has 0 radical (unpaired) electrons. The Morgan fingerprint density at radius 3 is 2.05 bits per heavy atom. The lowest BCUT2D eigenvalue weighted by Crippen LogP contribution is -2.28. The van der Waals surface area contributed by atoms with Gasteiger partial charge in [-0.05, 0) is 64.5 Å². The fourth-order valence-corrected chi connectivity index (χ4v) is 6.37. The van der Waals surface area contributed by atoms with Crippen molar-refractivity contribution in [3.63, 3.8) is 0 Å². The summed E-state index contributed by atoms with van der Waals surface area (Å²) in [7, 11) is -4.27. The van der Waals surface area contributed by atoms with Crippen LogP contribution in [-0.2, 0) is 20.9 Å². The highest BCUT2D eigenvalue weighted by Crippen LogP contribution is 2.47. The Hall–Kier alpha value is -3.48. The molecule has 2 aliphatic rings. The third-order valence-electron chi connectivity index (χ3n) is 8.05. The summed E-state index contributed by atoms with van der Waals surface area (Å²) in [4.78, 5) is 2.28. The molecule has 2 heterocycles. The largest absolute Gasteiger partial charge is 0.744 e. The van der Waals surface area contributed by atoms with E-state index in [1.807, 2.05) is 6.92 Å². The molecule has 5 nitrogen and oxygen atoms in total. The first-order valence-electron chi connectivity index (χ1n) is 13.9. The number of para-hydroxylation sites is 2. The molecule has 0 amide bonds. The molecular weight excluding hydrogens is 516 g/mol. The number of hydrogen-bond donors (Lipinski definition) is 0. The van der Waals surface area contributed by atoms with E-state index in [9.17, 15) is 13.0 Å². The van der Waals surface area contributed by atoms with Crippen LogP contribution in [0.4, 0.5) is 11.4 Å². The molecule has 0 fully saturated rings. The van der Waals surface area contributed by atoms with Gasteiger partial charge in [-0.1, -0.05) is 74.0 Å². The minimum atomic E-state index is -4.27. The molecule has 0 aliphatic carbocycles. The average Bonchev–Trinajstić information content (AvgIpc) is 3.27. The predicted octanol–water partition coefficient (Wildman–Crippen LogP) is 7.24. The second-order valence-corrected chi connectivity index (χ2v) is 12.7. The van der Waals surface area contributed by atoms with Crippen LogP contribution in [0.3, 0.4) is 0 Å². The van der Waals surface area contributed by atoms with Crippen LogP contribution < -0.4 is 4.90 Å². The molecule has 0 saturated carbocycles. The highest BCUT2D eigenvalue weighted by Gasteiger charge is 2.43. The minimum Gasteiger partial charge on any atom is -0.744 e. The van der Waals surface area contributed by atoms with Crippen molar-refractivity contribution in [3.05, 3.63) is 113 Å². The molecule has 3 aromatic rings. The number of allylic oxidation sites excluding steroid dienone is 4. The smallest absolute Gasteiger partial charge is 0.209 e. The number of likely N-dealkylation sites (N-methyl/N-ethyl adjacent to an activating group) is 1. The fourth-order valence-electron chi connectivity index (χ4n) is 5.90. The lowest BCUT2D eigenvalue weighted by molar-refractivity contribution is -0.433. The molecule has 0 atom stereocenters. The predicted molar refractivity (Wildman–Crippen MR) is 164 cm³/mol. The first kappa shape index (κ1) is 29.5. The lowest BCUT2D eigenvalue weighted by atomic mass is 9.81. The second-order valence-electron chi connectivity index (χ2n) is 11.3. The van der Waals surface area contributed by atoms with Crippen LogP contribution in [0.25, 0.3) is 0 Å². The SMILES string of the molecule is CCN1/C(=C/C=C\C2=[N+](CC)c3ccccc3C2(C)C)C(C)(C)c2ccccc21.Cc1ccc(S(=O)(=O)[O-])cc1. The van der Waals surface area contributed by atoms with Gasteiger partial charge in [0.1, 0.15) is 16.7 Å². The van der Waals surface area contributed by atoms with Crippen molar-refractivity contribution in [2.75, 3.05) is 18.0 Å². The van der Waals surface area contributed by atoms with E-state index in [1.54, 1.807) is 12.1 Å². The Morgan fingerprint density at radius 1 is 0.850 bits per heavy atom. The highest BCUT2D eigenvalue weighted by molar-refractivity contribution is 7.85. The number of nitrogens with zero attached hydrogens (tertiary/aromatic N) is 2. The summed E-state index contributed by atoms with van der Waals surface area (Å²) in [6, 6.07) is 23.4. The first-order chi connectivity index (χ1) is 18.8. The summed E-state index contributed by atoms with van der Waals surface area (Å²) in [6.45, 7) is 17.6. The number of benzene rings is 3. The van der Waals surface area contributed by atoms with Gasteiger partial charge in [0.05, 0.1) is 10.3 Å². The van der Waals surface area contributed by atoms with Gasteiger partial charge in [0.15, 0.2) is 5.71 Å². The lowest BCUT2D eigenvalue weighted by Gasteiger charge is -2.25. The van der Waals surface area contributed by atoms with Crippen molar-refractivity contribution in [2.45, 2.75) is 64.2 Å². The summed E-state index contributed by atoms with van der Waals surface area (Å²) in [6.07, 6.45) is 6.91. The Kier molecular flexibility index (Phi) is 8.25. The maximum absolute atomic E-state index is 10.4. The van der Waals surface area contributed by atoms with Crippen molar-refractivity contribution >= 4 is 27.2 Å².